The summed E-state index contributed by atoms with van der Waals surface area (Å²) in [6.07, 6.45) is 6.61. The number of hydrogen-bond donors (Lipinski definition) is 0. The number of aryl methyl sites for hydroxylation is 1. The van der Waals surface area contributed by atoms with Gasteiger partial charge >= 0.3 is 0 Å². The Hall–Kier alpha value is -2.17. The van der Waals surface area contributed by atoms with E-state index in [9.17, 15) is 4.79 Å². The second-order valence-corrected chi connectivity index (χ2v) is 5.68. The fourth-order valence-electron chi connectivity index (χ4n) is 2.88. The van der Waals surface area contributed by atoms with Crippen molar-refractivity contribution in [2.24, 2.45) is 0 Å². The van der Waals surface area contributed by atoms with Crippen LogP contribution >= 0.6 is 0 Å². The van der Waals surface area contributed by atoms with Crippen molar-refractivity contribution in [2.45, 2.75) is 39.2 Å². The zero-order valence-corrected chi connectivity index (χ0v) is 12.5. The summed E-state index contributed by atoms with van der Waals surface area (Å²) < 4.78 is 0. The zero-order chi connectivity index (χ0) is 14.8. The Morgan fingerprint density at radius 1 is 1.24 bits per heavy atom. The Balaban J connectivity index is 2.00. The van der Waals surface area contributed by atoms with Crippen LogP contribution < -0.4 is 0 Å². The lowest BCUT2D eigenvalue weighted by atomic mass is 10.0. The quantitative estimate of drug-likeness (QED) is 0.851. The summed E-state index contributed by atoms with van der Waals surface area (Å²) in [5.74, 6) is 0.0782. The molecule has 0 saturated carbocycles. The van der Waals surface area contributed by atoms with Gasteiger partial charge in [0, 0.05) is 12.6 Å². The van der Waals surface area contributed by atoms with Crippen molar-refractivity contribution < 1.29 is 4.79 Å². The average Bonchev–Trinajstić information content (AvgIpc) is 3.01. The average molecular weight is 284 g/mol. The molecule has 1 amide bonds. The van der Waals surface area contributed by atoms with Crippen LogP contribution in [0.4, 0.5) is 0 Å². The molecule has 5 nitrogen and oxygen atoms in total. The summed E-state index contributed by atoms with van der Waals surface area (Å²) in [6, 6.07) is 6.11. The third kappa shape index (κ3) is 2.68. The predicted octanol–water partition coefficient (Wildman–Crippen LogP) is 2.59. The number of amides is 1. The first-order valence-corrected chi connectivity index (χ1v) is 7.45. The van der Waals surface area contributed by atoms with Crippen molar-refractivity contribution in [3.63, 3.8) is 0 Å². The third-order valence-corrected chi connectivity index (χ3v) is 4.08. The van der Waals surface area contributed by atoms with Gasteiger partial charge in [-0.25, -0.2) is 0 Å². The molecule has 1 atom stereocenters. The van der Waals surface area contributed by atoms with Crippen LogP contribution in [0.1, 0.15) is 42.1 Å². The van der Waals surface area contributed by atoms with E-state index in [4.69, 9.17) is 0 Å². The highest BCUT2D eigenvalue weighted by Crippen LogP contribution is 2.22. The van der Waals surface area contributed by atoms with Crippen LogP contribution in [0.3, 0.4) is 0 Å². The molecule has 1 fully saturated rings. The number of carbonyl (C=O) groups excluding carboxylic acids is 1. The normalized spacial score (nSPS) is 18.8. The van der Waals surface area contributed by atoms with Crippen LogP contribution in [-0.2, 0) is 0 Å². The van der Waals surface area contributed by atoms with E-state index in [1.54, 1.807) is 12.4 Å². The van der Waals surface area contributed by atoms with Crippen molar-refractivity contribution in [1.82, 2.24) is 19.9 Å². The van der Waals surface area contributed by atoms with E-state index in [0.717, 1.165) is 30.6 Å². The maximum atomic E-state index is 12.9. The first kappa shape index (κ1) is 13.8. The van der Waals surface area contributed by atoms with Gasteiger partial charge in [-0.1, -0.05) is 6.07 Å². The first-order chi connectivity index (χ1) is 10.2. The molecule has 0 bridgehead atoms. The molecular formula is C16H20N4O. The van der Waals surface area contributed by atoms with Gasteiger partial charge in [-0.3, -0.25) is 4.79 Å². The van der Waals surface area contributed by atoms with Crippen LogP contribution in [0, 0.1) is 6.92 Å². The van der Waals surface area contributed by atoms with Gasteiger partial charge in [0.25, 0.3) is 5.91 Å². The van der Waals surface area contributed by atoms with Gasteiger partial charge in [-0.05, 0) is 50.8 Å². The van der Waals surface area contributed by atoms with E-state index in [1.807, 2.05) is 30.0 Å². The van der Waals surface area contributed by atoms with Crippen molar-refractivity contribution in [3.05, 3.63) is 41.7 Å². The predicted molar refractivity (Wildman–Crippen MR) is 80.4 cm³/mol. The Labute approximate surface area is 124 Å². The first-order valence-electron chi connectivity index (χ1n) is 7.45. The zero-order valence-electron chi connectivity index (χ0n) is 12.5. The van der Waals surface area contributed by atoms with Gasteiger partial charge in [-0.15, -0.1) is 0 Å². The summed E-state index contributed by atoms with van der Waals surface area (Å²) in [4.78, 5) is 16.4. The maximum absolute atomic E-state index is 12.9. The number of nitrogens with zero attached hydrogens (tertiary/aromatic N) is 4. The third-order valence-electron chi connectivity index (χ3n) is 4.08. The molecule has 1 aromatic heterocycles. The Morgan fingerprint density at radius 2 is 2.00 bits per heavy atom. The van der Waals surface area contributed by atoms with Crippen LogP contribution in [0.5, 0.6) is 0 Å². The molecule has 1 aliphatic heterocycles. The lowest BCUT2D eigenvalue weighted by molar-refractivity contribution is 0.0635. The monoisotopic (exact) mass is 284 g/mol. The van der Waals surface area contributed by atoms with Gasteiger partial charge in [0.2, 0.25) is 0 Å². The molecule has 0 spiro atoms. The van der Waals surface area contributed by atoms with Crippen LogP contribution in [-0.4, -0.2) is 38.4 Å². The van der Waals surface area contributed by atoms with E-state index in [0.29, 0.717) is 11.6 Å². The molecule has 2 heterocycles. The lowest BCUT2D eigenvalue weighted by Crippen LogP contribution is -2.42. The Morgan fingerprint density at radius 3 is 2.71 bits per heavy atom. The van der Waals surface area contributed by atoms with Gasteiger partial charge in [0.1, 0.15) is 0 Å². The molecule has 110 valence electrons. The van der Waals surface area contributed by atoms with Crippen molar-refractivity contribution >= 4 is 5.91 Å². The van der Waals surface area contributed by atoms with Gasteiger partial charge in [0.05, 0.1) is 23.6 Å². The summed E-state index contributed by atoms with van der Waals surface area (Å²) in [6.45, 7) is 4.96. The maximum Gasteiger partial charge on any atom is 0.256 e. The number of aromatic nitrogens is 3. The van der Waals surface area contributed by atoms with Crippen LogP contribution in [0.2, 0.25) is 0 Å². The van der Waals surface area contributed by atoms with E-state index in [2.05, 4.69) is 17.1 Å². The van der Waals surface area contributed by atoms with Crippen LogP contribution in [0.25, 0.3) is 5.69 Å². The minimum Gasteiger partial charge on any atom is -0.336 e. The minimum absolute atomic E-state index is 0.0782. The molecule has 0 N–H and O–H groups in total. The molecule has 1 aromatic carbocycles. The largest absolute Gasteiger partial charge is 0.336 e. The van der Waals surface area contributed by atoms with Gasteiger partial charge < -0.3 is 4.90 Å². The van der Waals surface area contributed by atoms with Gasteiger partial charge in [0.15, 0.2) is 0 Å². The molecular weight excluding hydrogens is 264 g/mol. The van der Waals surface area contributed by atoms with E-state index < -0.39 is 0 Å². The number of likely N-dealkylation sites (tertiary alicyclic amines) is 1. The minimum atomic E-state index is 0.0782. The second kappa shape index (κ2) is 5.68. The Kier molecular flexibility index (Phi) is 3.73. The molecule has 0 aliphatic carbocycles. The summed E-state index contributed by atoms with van der Waals surface area (Å²) in [7, 11) is 0. The van der Waals surface area contributed by atoms with E-state index in [1.165, 1.54) is 11.2 Å². The number of rotatable bonds is 2. The standard InChI is InChI=1S/C16H20N4O/c1-12-6-7-14(15(11-12)20-17-8-9-18-20)16(21)19-10-4-3-5-13(19)2/h6-9,11,13H,3-5,10H2,1-2H3. The topological polar surface area (TPSA) is 51.0 Å². The molecule has 1 aliphatic rings. The van der Waals surface area contributed by atoms with Crippen LogP contribution in [0.15, 0.2) is 30.6 Å². The van der Waals surface area contributed by atoms with Crippen molar-refractivity contribution in [1.29, 1.82) is 0 Å². The highest BCUT2D eigenvalue weighted by molar-refractivity contribution is 5.98. The molecule has 3 rings (SSSR count). The Bertz CT molecular complexity index is 636. The number of piperidine rings is 1. The molecule has 0 radical (unpaired) electrons. The molecule has 21 heavy (non-hydrogen) atoms. The summed E-state index contributed by atoms with van der Waals surface area (Å²) >= 11 is 0. The number of benzene rings is 1. The fraction of sp³-hybridized carbons (Fsp3) is 0.438. The smallest absolute Gasteiger partial charge is 0.256 e. The van der Waals surface area contributed by atoms with Crippen molar-refractivity contribution in [2.75, 3.05) is 6.54 Å². The summed E-state index contributed by atoms with van der Waals surface area (Å²) in [5, 5.41) is 8.34. The fourth-order valence-corrected chi connectivity index (χ4v) is 2.88. The molecule has 2 aromatic rings. The van der Waals surface area contributed by atoms with Gasteiger partial charge in [-0.2, -0.15) is 15.0 Å². The number of hydrogen-bond acceptors (Lipinski definition) is 3. The van der Waals surface area contributed by atoms with E-state index >= 15 is 0 Å². The summed E-state index contributed by atoms with van der Waals surface area (Å²) in [5.41, 5.74) is 2.51. The highest BCUT2D eigenvalue weighted by Gasteiger charge is 2.26. The number of carbonyl (C=O) groups is 1. The molecule has 1 unspecified atom stereocenters. The molecule has 5 heteroatoms. The van der Waals surface area contributed by atoms with E-state index in [-0.39, 0.29) is 5.91 Å². The lowest BCUT2D eigenvalue weighted by Gasteiger charge is -2.33. The second-order valence-electron chi connectivity index (χ2n) is 5.68. The van der Waals surface area contributed by atoms with Crippen molar-refractivity contribution in [3.8, 4) is 5.69 Å². The SMILES string of the molecule is Cc1ccc(C(=O)N2CCCCC2C)c(-n2nccn2)c1. The highest BCUT2D eigenvalue weighted by atomic mass is 16.2. The molecule has 1 saturated heterocycles.